The molecule has 0 spiro atoms. The Morgan fingerprint density at radius 1 is 1.24 bits per heavy atom. The van der Waals surface area contributed by atoms with Crippen LogP contribution in [0.15, 0.2) is 43.0 Å². The lowest BCUT2D eigenvalue weighted by molar-refractivity contribution is 0.0735. The van der Waals surface area contributed by atoms with Gasteiger partial charge in [-0.15, -0.1) is 6.58 Å². The number of hydrogen-bond acceptors (Lipinski definition) is 3. The van der Waals surface area contributed by atoms with Crippen molar-refractivity contribution < 1.29 is 4.74 Å². The van der Waals surface area contributed by atoms with Gasteiger partial charge in [0.25, 0.3) is 0 Å². The molecule has 0 aliphatic carbocycles. The van der Waals surface area contributed by atoms with Crippen LogP contribution in [0.4, 0.5) is 5.69 Å². The van der Waals surface area contributed by atoms with Crippen LogP contribution in [0.1, 0.15) is 0 Å². The van der Waals surface area contributed by atoms with Gasteiger partial charge >= 0.3 is 0 Å². The van der Waals surface area contributed by atoms with E-state index in [1.165, 1.54) is 5.69 Å². The molecule has 0 aromatic heterocycles. The summed E-state index contributed by atoms with van der Waals surface area (Å²) in [4.78, 5) is 4.46. The van der Waals surface area contributed by atoms with Crippen molar-refractivity contribution in [1.29, 1.82) is 0 Å². The van der Waals surface area contributed by atoms with Crippen LogP contribution in [0.2, 0.25) is 0 Å². The molecule has 0 heterocycles. The van der Waals surface area contributed by atoms with Crippen molar-refractivity contribution >= 4 is 5.69 Å². The van der Waals surface area contributed by atoms with Gasteiger partial charge in [-0.3, -0.25) is 4.90 Å². The van der Waals surface area contributed by atoms with Crippen LogP contribution in [0.25, 0.3) is 0 Å². The predicted octanol–water partition coefficient (Wildman–Crippen LogP) is 2.21. The second-order valence-electron chi connectivity index (χ2n) is 4.04. The number of rotatable bonds is 8. The van der Waals surface area contributed by atoms with E-state index < -0.39 is 0 Å². The molecular formula is C14H22N2O. The zero-order chi connectivity index (χ0) is 12.5. The van der Waals surface area contributed by atoms with Crippen molar-refractivity contribution in [2.45, 2.75) is 0 Å². The fraction of sp³-hybridized carbons (Fsp3) is 0.429. The summed E-state index contributed by atoms with van der Waals surface area (Å²) in [5, 5.41) is 0. The summed E-state index contributed by atoms with van der Waals surface area (Å²) < 4.78 is 5.15. The van der Waals surface area contributed by atoms with E-state index in [2.05, 4.69) is 47.7 Å². The van der Waals surface area contributed by atoms with E-state index in [4.69, 9.17) is 4.74 Å². The third kappa shape index (κ3) is 5.02. The molecule has 0 saturated heterocycles. The summed E-state index contributed by atoms with van der Waals surface area (Å²) in [6, 6.07) is 10.4. The summed E-state index contributed by atoms with van der Waals surface area (Å²) in [7, 11) is 3.82. The Morgan fingerprint density at radius 3 is 2.53 bits per heavy atom. The van der Waals surface area contributed by atoms with Crippen LogP contribution in [-0.4, -0.2) is 45.4 Å². The van der Waals surface area contributed by atoms with Crippen LogP contribution in [0.5, 0.6) is 0 Å². The number of para-hydroxylation sites is 1. The Kier molecular flexibility index (Phi) is 6.37. The molecule has 3 heteroatoms. The monoisotopic (exact) mass is 234 g/mol. The molecule has 0 atom stereocenters. The van der Waals surface area contributed by atoms with Gasteiger partial charge in [0.05, 0.1) is 6.73 Å². The Balaban J connectivity index is 2.40. The Bertz CT molecular complexity index is 313. The Morgan fingerprint density at radius 2 is 1.94 bits per heavy atom. The first-order chi connectivity index (χ1) is 8.27. The van der Waals surface area contributed by atoms with Gasteiger partial charge in [-0.25, -0.2) is 0 Å². The maximum Gasteiger partial charge on any atom is 0.0989 e. The van der Waals surface area contributed by atoms with Gasteiger partial charge in [-0.1, -0.05) is 24.3 Å². The van der Waals surface area contributed by atoms with Crippen molar-refractivity contribution in [2.24, 2.45) is 0 Å². The molecule has 0 N–H and O–H groups in total. The summed E-state index contributed by atoms with van der Waals surface area (Å²) in [6.45, 7) is 7.20. The van der Waals surface area contributed by atoms with Gasteiger partial charge in [0.15, 0.2) is 0 Å². The Labute approximate surface area is 104 Å². The minimum Gasteiger partial charge on any atom is -0.373 e. The average Bonchev–Trinajstić information content (AvgIpc) is 2.37. The van der Waals surface area contributed by atoms with Crippen molar-refractivity contribution in [2.75, 3.05) is 45.4 Å². The number of nitrogens with zero attached hydrogens (tertiary/aromatic N) is 2. The number of hydrogen-bond donors (Lipinski definition) is 0. The third-order valence-corrected chi connectivity index (χ3v) is 2.65. The minimum atomic E-state index is 0.647. The van der Waals surface area contributed by atoms with Crippen LogP contribution >= 0.6 is 0 Å². The number of anilines is 1. The Hall–Kier alpha value is -1.32. The summed E-state index contributed by atoms with van der Waals surface area (Å²) in [5.74, 6) is 0. The minimum absolute atomic E-state index is 0.647. The molecule has 17 heavy (non-hydrogen) atoms. The lowest BCUT2D eigenvalue weighted by atomic mass is 10.3. The quantitative estimate of drug-likeness (QED) is 0.506. The van der Waals surface area contributed by atoms with Gasteiger partial charge in [0, 0.05) is 39.5 Å². The van der Waals surface area contributed by atoms with E-state index in [0.717, 1.165) is 19.6 Å². The molecule has 1 aromatic rings. The molecule has 0 fully saturated rings. The standard InChI is InChI=1S/C14H22N2O/c1-4-10-16(13-17-3)12-11-15(2)14-8-6-5-7-9-14/h4-9H,1,10-13H2,2-3H3. The molecule has 0 amide bonds. The maximum atomic E-state index is 5.15. The van der Waals surface area contributed by atoms with Crippen LogP contribution in [0.3, 0.4) is 0 Å². The lowest BCUT2D eigenvalue weighted by Gasteiger charge is -2.25. The van der Waals surface area contributed by atoms with E-state index in [1.54, 1.807) is 7.11 Å². The molecule has 0 saturated carbocycles. The summed E-state index contributed by atoms with van der Waals surface area (Å²) in [6.07, 6.45) is 1.90. The topological polar surface area (TPSA) is 15.7 Å². The highest BCUT2D eigenvalue weighted by molar-refractivity contribution is 5.44. The lowest BCUT2D eigenvalue weighted by Crippen LogP contribution is -2.34. The van der Waals surface area contributed by atoms with Gasteiger partial charge in [0.1, 0.15) is 0 Å². The largest absolute Gasteiger partial charge is 0.373 e. The first-order valence-corrected chi connectivity index (χ1v) is 5.86. The normalized spacial score (nSPS) is 10.5. The number of methoxy groups -OCH3 is 1. The highest BCUT2D eigenvalue weighted by atomic mass is 16.5. The van der Waals surface area contributed by atoms with Gasteiger partial charge in [-0.05, 0) is 12.1 Å². The van der Waals surface area contributed by atoms with Crippen molar-refractivity contribution in [3.8, 4) is 0 Å². The predicted molar refractivity (Wildman–Crippen MR) is 73.4 cm³/mol. The van der Waals surface area contributed by atoms with Crippen molar-refractivity contribution in [3.63, 3.8) is 0 Å². The molecule has 0 radical (unpaired) electrons. The zero-order valence-electron chi connectivity index (χ0n) is 10.8. The van der Waals surface area contributed by atoms with Gasteiger partial charge in [0.2, 0.25) is 0 Å². The maximum absolute atomic E-state index is 5.15. The molecule has 0 bridgehead atoms. The van der Waals surface area contributed by atoms with Crippen LogP contribution < -0.4 is 4.90 Å². The number of ether oxygens (including phenoxy) is 1. The van der Waals surface area contributed by atoms with E-state index in [-0.39, 0.29) is 0 Å². The first kappa shape index (κ1) is 13.7. The van der Waals surface area contributed by atoms with Crippen molar-refractivity contribution in [1.82, 2.24) is 4.90 Å². The molecule has 0 unspecified atom stereocenters. The van der Waals surface area contributed by atoms with Crippen molar-refractivity contribution in [3.05, 3.63) is 43.0 Å². The van der Waals surface area contributed by atoms with E-state index in [1.807, 2.05) is 12.1 Å². The molecule has 0 aliphatic rings. The third-order valence-electron chi connectivity index (χ3n) is 2.65. The average molecular weight is 234 g/mol. The van der Waals surface area contributed by atoms with Gasteiger partial charge < -0.3 is 9.64 Å². The molecule has 1 rings (SSSR count). The fourth-order valence-corrected chi connectivity index (χ4v) is 1.68. The van der Waals surface area contributed by atoms with Gasteiger partial charge in [-0.2, -0.15) is 0 Å². The molecule has 3 nitrogen and oxygen atoms in total. The number of benzene rings is 1. The highest BCUT2D eigenvalue weighted by Gasteiger charge is 2.04. The molecular weight excluding hydrogens is 212 g/mol. The summed E-state index contributed by atoms with van der Waals surface area (Å²) >= 11 is 0. The first-order valence-electron chi connectivity index (χ1n) is 5.86. The van der Waals surface area contributed by atoms with E-state index in [9.17, 15) is 0 Å². The smallest absolute Gasteiger partial charge is 0.0989 e. The molecule has 0 aliphatic heterocycles. The fourth-order valence-electron chi connectivity index (χ4n) is 1.68. The second-order valence-corrected chi connectivity index (χ2v) is 4.04. The van der Waals surface area contributed by atoms with Crippen LogP contribution in [-0.2, 0) is 4.74 Å². The molecule has 1 aromatic carbocycles. The SMILES string of the molecule is C=CCN(CCN(C)c1ccccc1)COC. The second kappa shape index (κ2) is 7.87. The van der Waals surface area contributed by atoms with Crippen LogP contribution in [0, 0.1) is 0 Å². The zero-order valence-corrected chi connectivity index (χ0v) is 10.8. The van der Waals surface area contributed by atoms with E-state index >= 15 is 0 Å². The highest BCUT2D eigenvalue weighted by Crippen LogP contribution is 2.10. The van der Waals surface area contributed by atoms with E-state index in [0.29, 0.717) is 6.73 Å². The summed E-state index contributed by atoms with van der Waals surface area (Å²) in [5.41, 5.74) is 1.24. The number of likely N-dealkylation sites (N-methyl/N-ethyl adjacent to an activating group) is 1. The molecule has 94 valence electrons.